The Hall–Kier alpha value is -3.92. The van der Waals surface area contributed by atoms with Crippen LogP contribution in [-0.2, 0) is 30.2 Å². The van der Waals surface area contributed by atoms with Crippen molar-refractivity contribution in [3.05, 3.63) is 47.5 Å². The van der Waals surface area contributed by atoms with Crippen molar-refractivity contribution in [2.24, 2.45) is 0 Å². The largest absolute Gasteiger partial charge is 0.467 e. The van der Waals surface area contributed by atoms with Crippen LogP contribution in [-0.4, -0.2) is 56.4 Å². The number of Topliss-reactive ketones (excluding diaryl/α,β-unsaturated/α-hetero) is 1. The normalized spacial score (nSPS) is 13.5. The molecule has 0 spiro atoms. The number of carbonyl (C=O) groups is 4. The van der Waals surface area contributed by atoms with E-state index in [0.717, 1.165) is 0 Å². The zero-order valence-electron chi connectivity index (χ0n) is 20.2. The van der Waals surface area contributed by atoms with Crippen molar-refractivity contribution in [3.8, 4) is 16.9 Å². The van der Waals surface area contributed by atoms with Gasteiger partial charge in [-0.3, -0.25) is 9.59 Å². The van der Waals surface area contributed by atoms with Crippen LogP contribution >= 0.6 is 0 Å². The first-order chi connectivity index (χ1) is 16.5. The van der Waals surface area contributed by atoms with Gasteiger partial charge in [0.1, 0.15) is 17.4 Å². The lowest BCUT2D eigenvalue weighted by molar-refractivity contribution is -0.143. The van der Waals surface area contributed by atoms with E-state index in [1.807, 2.05) is 0 Å². The van der Waals surface area contributed by atoms with Crippen LogP contribution in [0.3, 0.4) is 0 Å². The number of anilines is 1. The second-order valence-electron chi connectivity index (χ2n) is 8.82. The molecule has 3 rings (SSSR count). The highest BCUT2D eigenvalue weighted by molar-refractivity contribution is 6.52. The molecule has 1 atom stereocenters. The van der Waals surface area contributed by atoms with Gasteiger partial charge in [0, 0.05) is 24.7 Å². The molecule has 10 heteroatoms. The monoisotopic (exact) mass is 484 g/mol. The van der Waals surface area contributed by atoms with Gasteiger partial charge in [0.25, 0.3) is 11.7 Å². The Balaban J connectivity index is 1.98. The summed E-state index contributed by atoms with van der Waals surface area (Å²) < 4.78 is 20.8. The Labute approximate surface area is 202 Å². The molecule has 0 saturated heterocycles. The summed E-state index contributed by atoms with van der Waals surface area (Å²) in [5.74, 6) is -1.54. The summed E-state index contributed by atoms with van der Waals surface area (Å²) in [5, 5.41) is 5.16. The number of para-hydroxylation sites is 1. The van der Waals surface area contributed by atoms with Gasteiger partial charge in [-0.15, -0.1) is 0 Å². The van der Waals surface area contributed by atoms with Crippen LogP contribution in [0.25, 0.3) is 11.1 Å². The molecule has 1 heterocycles. The van der Waals surface area contributed by atoms with E-state index in [1.165, 1.54) is 14.2 Å². The quantitative estimate of drug-likeness (QED) is 0.332. The highest BCUT2D eigenvalue weighted by Crippen LogP contribution is 2.40. The fourth-order valence-corrected chi connectivity index (χ4v) is 3.58. The van der Waals surface area contributed by atoms with Gasteiger partial charge in [-0.1, -0.05) is 18.2 Å². The maximum absolute atomic E-state index is 12.4. The molecule has 2 N–H and O–H groups in total. The third-order valence-electron chi connectivity index (χ3n) is 5.04. The minimum Gasteiger partial charge on any atom is -0.467 e. The van der Waals surface area contributed by atoms with Gasteiger partial charge in [0.05, 0.1) is 18.4 Å². The zero-order chi connectivity index (χ0) is 25.8. The average Bonchev–Trinajstić information content (AvgIpc) is 3.09. The molecule has 186 valence electrons. The fraction of sp³-hybridized carbons (Fsp3) is 0.360. The number of ketones is 1. The summed E-state index contributed by atoms with van der Waals surface area (Å²) in [4.78, 5) is 48.8. The molecule has 0 radical (unpaired) electrons. The van der Waals surface area contributed by atoms with Gasteiger partial charge in [-0.05, 0) is 44.5 Å². The van der Waals surface area contributed by atoms with E-state index in [1.54, 1.807) is 57.2 Å². The smallest absolute Gasteiger partial charge is 0.408 e. The average molecular weight is 485 g/mol. The van der Waals surface area contributed by atoms with Crippen LogP contribution in [0.15, 0.2) is 36.4 Å². The second-order valence-corrected chi connectivity index (χ2v) is 8.82. The first-order valence-corrected chi connectivity index (χ1v) is 10.8. The number of rotatable bonds is 8. The summed E-state index contributed by atoms with van der Waals surface area (Å²) in [6.07, 6.45) is -0.667. The molecule has 1 aliphatic heterocycles. The van der Waals surface area contributed by atoms with E-state index in [-0.39, 0.29) is 18.8 Å². The number of hydrogen-bond acceptors (Lipinski definition) is 8. The molecule has 35 heavy (non-hydrogen) atoms. The van der Waals surface area contributed by atoms with E-state index in [2.05, 4.69) is 10.6 Å². The number of carbonyl (C=O) groups excluding carboxylic acids is 4. The third-order valence-corrected chi connectivity index (χ3v) is 5.04. The number of benzene rings is 2. The van der Waals surface area contributed by atoms with Crippen molar-refractivity contribution in [1.29, 1.82) is 0 Å². The van der Waals surface area contributed by atoms with Crippen LogP contribution in [0.1, 0.15) is 36.7 Å². The molecular weight excluding hydrogens is 456 g/mol. The lowest BCUT2D eigenvalue weighted by Crippen LogP contribution is -2.45. The van der Waals surface area contributed by atoms with E-state index in [4.69, 9.17) is 18.9 Å². The van der Waals surface area contributed by atoms with E-state index in [9.17, 15) is 19.2 Å². The number of fused-ring (bicyclic) bond motifs is 1. The Morgan fingerprint density at radius 3 is 2.40 bits per heavy atom. The van der Waals surface area contributed by atoms with Crippen molar-refractivity contribution in [3.63, 3.8) is 0 Å². The maximum Gasteiger partial charge on any atom is 0.408 e. The fourth-order valence-electron chi connectivity index (χ4n) is 3.58. The Bertz CT molecular complexity index is 1150. The highest BCUT2D eigenvalue weighted by atomic mass is 16.7. The van der Waals surface area contributed by atoms with Gasteiger partial charge in [0.15, 0.2) is 6.79 Å². The molecule has 10 nitrogen and oxygen atoms in total. The minimum absolute atomic E-state index is 0.0301. The van der Waals surface area contributed by atoms with Gasteiger partial charge < -0.3 is 29.6 Å². The first kappa shape index (κ1) is 25.7. The Kier molecular flexibility index (Phi) is 7.75. The number of methoxy groups -OCH3 is 2. The van der Waals surface area contributed by atoms with Crippen LogP contribution in [0, 0.1) is 0 Å². The number of nitrogens with one attached hydrogen (secondary N) is 2. The van der Waals surface area contributed by atoms with Crippen molar-refractivity contribution < 1.29 is 38.1 Å². The molecule has 0 saturated carbocycles. The lowest BCUT2D eigenvalue weighted by Gasteiger charge is -2.23. The third kappa shape index (κ3) is 6.15. The number of ether oxygens (including phenoxy) is 4. The first-order valence-electron chi connectivity index (χ1n) is 10.8. The maximum atomic E-state index is 12.4. The number of esters is 1. The summed E-state index contributed by atoms with van der Waals surface area (Å²) in [5.41, 5.74) is 1.67. The predicted octanol–water partition coefficient (Wildman–Crippen LogP) is 3.08. The van der Waals surface area contributed by atoms with Crippen molar-refractivity contribution in [1.82, 2.24) is 5.32 Å². The highest BCUT2D eigenvalue weighted by Gasteiger charge is 2.31. The molecule has 0 bridgehead atoms. The van der Waals surface area contributed by atoms with Crippen LogP contribution in [0.2, 0.25) is 0 Å². The molecule has 0 aromatic heterocycles. The zero-order valence-corrected chi connectivity index (χ0v) is 20.2. The Morgan fingerprint density at radius 2 is 1.74 bits per heavy atom. The van der Waals surface area contributed by atoms with Crippen molar-refractivity contribution >= 4 is 29.4 Å². The summed E-state index contributed by atoms with van der Waals surface area (Å²) >= 11 is 0. The summed E-state index contributed by atoms with van der Waals surface area (Å²) in [7, 11) is 2.71. The molecule has 0 aliphatic carbocycles. The number of hydrogen-bond donors (Lipinski definition) is 2. The SMILES string of the molecule is COCOc1ccc(C[C@H](NC(=O)OC(C)(C)C)C(=O)OC)cc1-c1cccc2c1NC(=O)C2=O. The number of alkyl carbamates (subject to hydrolysis) is 1. The Morgan fingerprint density at radius 1 is 1.03 bits per heavy atom. The van der Waals surface area contributed by atoms with E-state index < -0.39 is 35.4 Å². The van der Waals surface area contributed by atoms with E-state index >= 15 is 0 Å². The second kappa shape index (κ2) is 10.6. The molecule has 2 amide bonds. The van der Waals surface area contributed by atoms with E-state index in [0.29, 0.717) is 28.1 Å². The van der Waals surface area contributed by atoms with Crippen LogP contribution in [0.4, 0.5) is 10.5 Å². The lowest BCUT2D eigenvalue weighted by atomic mass is 9.95. The van der Waals surface area contributed by atoms with Crippen molar-refractivity contribution in [2.75, 3.05) is 26.3 Å². The molecule has 2 aromatic rings. The molecule has 0 fully saturated rings. The van der Waals surface area contributed by atoms with Crippen LogP contribution in [0.5, 0.6) is 5.75 Å². The number of amides is 2. The van der Waals surface area contributed by atoms with Gasteiger partial charge >= 0.3 is 12.1 Å². The topological polar surface area (TPSA) is 129 Å². The predicted molar refractivity (Wildman–Crippen MR) is 126 cm³/mol. The minimum atomic E-state index is -1.02. The van der Waals surface area contributed by atoms with Gasteiger partial charge in [-0.2, -0.15) is 0 Å². The summed E-state index contributed by atoms with van der Waals surface area (Å²) in [6, 6.07) is 9.13. The van der Waals surface area contributed by atoms with Gasteiger partial charge in [-0.25, -0.2) is 9.59 Å². The summed E-state index contributed by atoms with van der Waals surface area (Å²) in [6.45, 7) is 5.11. The molecule has 1 aliphatic rings. The standard InChI is InChI=1S/C25H28N2O8/c1-25(2,3)35-24(31)26-18(23(30)33-5)12-14-9-10-19(34-13-32-4)17(11-14)15-7-6-8-16-20(15)27-22(29)21(16)28/h6-11,18H,12-13H2,1-5H3,(H,26,31)(H,27,28,29)/t18-/m0/s1. The van der Waals surface area contributed by atoms with Crippen molar-refractivity contribution in [2.45, 2.75) is 38.8 Å². The van der Waals surface area contributed by atoms with Crippen LogP contribution < -0.4 is 15.4 Å². The molecular formula is C25H28N2O8. The molecule has 0 unspecified atom stereocenters. The molecule has 2 aromatic carbocycles. The van der Waals surface area contributed by atoms with Gasteiger partial charge in [0.2, 0.25) is 0 Å².